The van der Waals surface area contributed by atoms with Gasteiger partial charge in [-0.2, -0.15) is 0 Å². The molecule has 5 rings (SSSR count). The van der Waals surface area contributed by atoms with Gasteiger partial charge in [0.1, 0.15) is 5.75 Å². The van der Waals surface area contributed by atoms with Gasteiger partial charge < -0.3 is 4.74 Å². The van der Waals surface area contributed by atoms with Crippen molar-refractivity contribution >= 4 is 32.3 Å². The molecule has 0 aliphatic rings. The molecule has 5 aromatic carbocycles. The molecule has 0 N–H and O–H groups in total. The number of hydrogen-bond donors (Lipinski definition) is 0. The Bertz CT molecular complexity index is 1250. The SMILES string of the molecule is CCc1ccc(CCc2cc(OC)c3ccc4cccc5ccc2c3c54)cc1. The molecule has 0 aromatic heterocycles. The van der Waals surface area contributed by atoms with Crippen LogP contribution in [0.5, 0.6) is 5.75 Å². The highest BCUT2D eigenvalue weighted by Gasteiger charge is 2.14. The summed E-state index contributed by atoms with van der Waals surface area (Å²) < 4.78 is 5.79. The monoisotopic (exact) mass is 364 g/mol. The second-order valence-electron chi connectivity index (χ2n) is 7.59. The average Bonchev–Trinajstić information content (AvgIpc) is 2.76. The van der Waals surface area contributed by atoms with Crippen LogP contribution < -0.4 is 4.74 Å². The number of rotatable bonds is 5. The molecule has 0 unspecified atom stereocenters. The minimum atomic E-state index is 0.974. The van der Waals surface area contributed by atoms with Gasteiger partial charge in [-0.25, -0.2) is 0 Å². The van der Waals surface area contributed by atoms with Crippen molar-refractivity contribution in [2.24, 2.45) is 0 Å². The van der Waals surface area contributed by atoms with E-state index in [-0.39, 0.29) is 0 Å². The van der Waals surface area contributed by atoms with E-state index in [9.17, 15) is 0 Å². The molecular weight excluding hydrogens is 340 g/mol. The molecule has 0 bridgehead atoms. The zero-order chi connectivity index (χ0) is 19.1. The predicted octanol–water partition coefficient (Wildman–Crippen LogP) is 6.94. The third-order valence-corrected chi connectivity index (χ3v) is 6.03. The van der Waals surface area contributed by atoms with Crippen LogP contribution in [0.2, 0.25) is 0 Å². The lowest BCUT2D eigenvalue weighted by atomic mass is 9.89. The minimum Gasteiger partial charge on any atom is -0.496 e. The molecule has 0 amide bonds. The van der Waals surface area contributed by atoms with Gasteiger partial charge in [-0.1, -0.05) is 67.6 Å². The van der Waals surface area contributed by atoms with E-state index in [0.717, 1.165) is 25.0 Å². The van der Waals surface area contributed by atoms with Gasteiger partial charge in [-0.05, 0) is 69.6 Å². The second-order valence-corrected chi connectivity index (χ2v) is 7.59. The van der Waals surface area contributed by atoms with Crippen LogP contribution in [0.25, 0.3) is 32.3 Å². The van der Waals surface area contributed by atoms with Crippen LogP contribution >= 0.6 is 0 Å². The number of hydrogen-bond acceptors (Lipinski definition) is 1. The molecule has 0 heterocycles. The molecule has 0 radical (unpaired) electrons. The van der Waals surface area contributed by atoms with Gasteiger partial charge in [-0.15, -0.1) is 0 Å². The molecule has 1 nitrogen and oxygen atoms in total. The van der Waals surface area contributed by atoms with Crippen molar-refractivity contribution in [2.75, 3.05) is 7.11 Å². The number of methoxy groups -OCH3 is 1. The summed E-state index contributed by atoms with van der Waals surface area (Å²) >= 11 is 0. The van der Waals surface area contributed by atoms with E-state index in [0.29, 0.717) is 0 Å². The van der Waals surface area contributed by atoms with Crippen LogP contribution in [0.1, 0.15) is 23.6 Å². The molecule has 28 heavy (non-hydrogen) atoms. The Kier molecular flexibility index (Phi) is 4.16. The van der Waals surface area contributed by atoms with Crippen LogP contribution in [-0.2, 0) is 19.3 Å². The Morgan fingerprint density at radius 1 is 0.679 bits per heavy atom. The van der Waals surface area contributed by atoms with Gasteiger partial charge in [0.25, 0.3) is 0 Å². The van der Waals surface area contributed by atoms with Gasteiger partial charge in [0, 0.05) is 10.8 Å². The van der Waals surface area contributed by atoms with E-state index >= 15 is 0 Å². The van der Waals surface area contributed by atoms with Gasteiger partial charge >= 0.3 is 0 Å². The zero-order valence-electron chi connectivity index (χ0n) is 16.5. The van der Waals surface area contributed by atoms with Gasteiger partial charge in [0.05, 0.1) is 7.11 Å². The van der Waals surface area contributed by atoms with Gasteiger partial charge in [0.2, 0.25) is 0 Å². The summed E-state index contributed by atoms with van der Waals surface area (Å²) in [7, 11) is 1.78. The predicted molar refractivity (Wildman–Crippen MR) is 120 cm³/mol. The molecule has 0 aliphatic carbocycles. The fourth-order valence-electron chi connectivity index (χ4n) is 4.47. The Hall–Kier alpha value is -3.06. The van der Waals surface area contributed by atoms with Crippen molar-refractivity contribution in [3.63, 3.8) is 0 Å². The standard InChI is InChI=1S/C27H24O/c1-3-18-7-9-19(10-8-18)11-12-22-17-25(28-2)24-16-14-21-6-4-5-20-13-15-23(22)27(24)26(20)21/h4-10,13-17H,3,11-12H2,1-2H3. The van der Waals surface area contributed by atoms with Crippen molar-refractivity contribution in [1.82, 2.24) is 0 Å². The highest BCUT2D eigenvalue weighted by molar-refractivity contribution is 6.24. The van der Waals surface area contributed by atoms with Crippen molar-refractivity contribution in [3.8, 4) is 5.75 Å². The van der Waals surface area contributed by atoms with Crippen molar-refractivity contribution in [1.29, 1.82) is 0 Å². The maximum Gasteiger partial charge on any atom is 0.127 e. The summed E-state index contributed by atoms with van der Waals surface area (Å²) in [6.45, 7) is 2.20. The number of aryl methyl sites for hydroxylation is 3. The maximum absolute atomic E-state index is 5.79. The van der Waals surface area contributed by atoms with Gasteiger partial charge in [-0.3, -0.25) is 0 Å². The van der Waals surface area contributed by atoms with E-state index in [2.05, 4.69) is 79.7 Å². The summed E-state index contributed by atoms with van der Waals surface area (Å²) in [5, 5.41) is 7.84. The van der Waals surface area contributed by atoms with E-state index in [1.165, 1.54) is 49.0 Å². The molecule has 0 fully saturated rings. The highest BCUT2D eigenvalue weighted by atomic mass is 16.5. The Morgan fingerprint density at radius 3 is 2.04 bits per heavy atom. The Morgan fingerprint density at radius 2 is 1.36 bits per heavy atom. The molecule has 138 valence electrons. The third-order valence-electron chi connectivity index (χ3n) is 6.03. The van der Waals surface area contributed by atoms with Crippen LogP contribution in [0.15, 0.2) is 72.8 Å². The first-order valence-corrected chi connectivity index (χ1v) is 10.1. The molecule has 5 aromatic rings. The quantitative estimate of drug-likeness (QED) is 0.307. The maximum atomic E-state index is 5.79. The second kappa shape index (κ2) is 6.83. The highest BCUT2D eigenvalue weighted by Crippen LogP contribution is 2.40. The molecule has 0 saturated carbocycles. The van der Waals surface area contributed by atoms with E-state index in [1.807, 2.05) is 0 Å². The molecule has 0 saturated heterocycles. The molecule has 1 heteroatoms. The van der Waals surface area contributed by atoms with Crippen LogP contribution in [0, 0.1) is 0 Å². The number of ether oxygens (including phenoxy) is 1. The normalized spacial score (nSPS) is 11.6. The lowest BCUT2D eigenvalue weighted by Gasteiger charge is -2.17. The largest absolute Gasteiger partial charge is 0.496 e. The minimum absolute atomic E-state index is 0.974. The summed E-state index contributed by atoms with van der Waals surface area (Å²) in [5.41, 5.74) is 4.15. The van der Waals surface area contributed by atoms with Crippen molar-refractivity contribution < 1.29 is 4.74 Å². The topological polar surface area (TPSA) is 9.23 Å². The van der Waals surface area contributed by atoms with E-state index < -0.39 is 0 Å². The Balaban J connectivity index is 1.65. The summed E-state index contributed by atoms with van der Waals surface area (Å²) in [6.07, 6.45) is 3.14. The molecular formula is C27H24O. The lowest BCUT2D eigenvalue weighted by Crippen LogP contribution is -1.97. The fraction of sp³-hybridized carbons (Fsp3) is 0.185. The van der Waals surface area contributed by atoms with Gasteiger partial charge in [0.15, 0.2) is 0 Å². The van der Waals surface area contributed by atoms with E-state index in [1.54, 1.807) is 7.11 Å². The average molecular weight is 364 g/mol. The molecule has 0 spiro atoms. The fourth-order valence-corrected chi connectivity index (χ4v) is 4.47. The van der Waals surface area contributed by atoms with Crippen LogP contribution in [-0.4, -0.2) is 7.11 Å². The zero-order valence-corrected chi connectivity index (χ0v) is 16.5. The summed E-state index contributed by atoms with van der Waals surface area (Å²) in [5.74, 6) is 0.974. The van der Waals surface area contributed by atoms with Crippen molar-refractivity contribution in [3.05, 3.63) is 89.5 Å². The number of benzene rings is 5. The summed E-state index contributed by atoms with van der Waals surface area (Å²) in [6, 6.07) is 26.8. The molecule has 0 atom stereocenters. The molecule has 0 aliphatic heterocycles. The third kappa shape index (κ3) is 2.70. The van der Waals surface area contributed by atoms with Crippen LogP contribution in [0.4, 0.5) is 0 Å². The van der Waals surface area contributed by atoms with Crippen molar-refractivity contribution in [2.45, 2.75) is 26.2 Å². The van der Waals surface area contributed by atoms with E-state index in [4.69, 9.17) is 4.74 Å². The smallest absolute Gasteiger partial charge is 0.127 e. The van der Waals surface area contributed by atoms with Crippen LogP contribution in [0.3, 0.4) is 0 Å². The first-order chi connectivity index (χ1) is 13.8. The first-order valence-electron chi connectivity index (χ1n) is 10.1. The lowest BCUT2D eigenvalue weighted by molar-refractivity contribution is 0.419. The first kappa shape index (κ1) is 17.1. The Labute approximate surface area is 165 Å². The summed E-state index contributed by atoms with van der Waals surface area (Å²) in [4.78, 5) is 0.